The maximum Gasteiger partial charge on any atom is 0.552 e. The summed E-state index contributed by atoms with van der Waals surface area (Å²) >= 11 is 0. The van der Waals surface area contributed by atoms with E-state index in [0.717, 1.165) is 54.5 Å². The van der Waals surface area contributed by atoms with E-state index in [1.807, 2.05) is 5.98 Å². The summed E-state index contributed by atoms with van der Waals surface area (Å²) in [5.74, 6) is 3.14. The van der Waals surface area contributed by atoms with E-state index in [4.69, 9.17) is 4.65 Å². The van der Waals surface area contributed by atoms with Gasteiger partial charge >= 0.3 is 7.12 Å². The molecule has 2 heterocycles. The van der Waals surface area contributed by atoms with Crippen molar-refractivity contribution < 1.29 is 18.1 Å². The molecule has 0 spiro atoms. The molecule has 0 radical (unpaired) electrons. The van der Waals surface area contributed by atoms with Crippen LogP contribution >= 0.6 is 0 Å². The van der Waals surface area contributed by atoms with Gasteiger partial charge in [0, 0.05) is 17.5 Å². The lowest BCUT2D eigenvalue weighted by molar-refractivity contribution is 0.335. The molecule has 0 aromatic carbocycles. The van der Waals surface area contributed by atoms with E-state index in [1.54, 1.807) is 6.20 Å². The van der Waals surface area contributed by atoms with Crippen molar-refractivity contribution in [2.75, 3.05) is 12.8 Å². The lowest BCUT2D eigenvalue weighted by Crippen LogP contribution is -2.30. The van der Waals surface area contributed by atoms with Crippen LogP contribution in [-0.4, -0.2) is 38.3 Å². The SMILES string of the molecule is CNS(=O)(=O)CC1CCC(C2=CB(O)Oc3cnc4c(c32)C=CC4)CC1. The first-order valence-corrected chi connectivity index (χ1v) is 10.8. The number of pyridine rings is 1. The quantitative estimate of drug-likeness (QED) is 0.785. The van der Waals surface area contributed by atoms with Crippen molar-refractivity contribution >= 4 is 28.8 Å². The monoisotopic (exact) mass is 374 g/mol. The molecule has 2 N–H and O–H groups in total. The Morgan fingerprint density at radius 3 is 2.85 bits per heavy atom. The molecule has 0 atom stereocenters. The molecule has 4 rings (SSSR count). The molecule has 0 unspecified atom stereocenters. The van der Waals surface area contributed by atoms with Crippen LogP contribution in [0.25, 0.3) is 11.6 Å². The number of allylic oxidation sites excluding steroid dienone is 2. The van der Waals surface area contributed by atoms with Gasteiger partial charge in [-0.15, -0.1) is 0 Å². The average Bonchev–Trinajstić information content (AvgIpc) is 3.10. The Morgan fingerprint density at radius 1 is 1.35 bits per heavy atom. The second kappa shape index (κ2) is 6.83. The molecule has 0 saturated heterocycles. The molecule has 1 aromatic rings. The van der Waals surface area contributed by atoms with Crippen LogP contribution in [0.1, 0.15) is 42.5 Å². The molecule has 1 fully saturated rings. The van der Waals surface area contributed by atoms with Crippen LogP contribution in [-0.2, 0) is 16.4 Å². The van der Waals surface area contributed by atoms with Gasteiger partial charge in [0.25, 0.3) is 0 Å². The number of fused-ring (bicyclic) bond motifs is 3. The average molecular weight is 374 g/mol. The molecule has 6 nitrogen and oxygen atoms in total. The zero-order valence-electron chi connectivity index (χ0n) is 14.8. The second-order valence-corrected chi connectivity index (χ2v) is 9.27. The van der Waals surface area contributed by atoms with Gasteiger partial charge < -0.3 is 9.68 Å². The lowest BCUT2D eigenvalue weighted by Gasteiger charge is -2.33. The number of hydrogen-bond acceptors (Lipinski definition) is 5. The van der Waals surface area contributed by atoms with Crippen molar-refractivity contribution in [3.63, 3.8) is 0 Å². The molecule has 1 saturated carbocycles. The van der Waals surface area contributed by atoms with E-state index >= 15 is 0 Å². The lowest BCUT2D eigenvalue weighted by atomic mass is 9.71. The normalized spacial score (nSPS) is 24.7. The van der Waals surface area contributed by atoms with Crippen molar-refractivity contribution in [3.05, 3.63) is 35.1 Å². The fraction of sp³-hybridized carbons (Fsp3) is 0.500. The van der Waals surface area contributed by atoms with Crippen molar-refractivity contribution in [1.82, 2.24) is 9.71 Å². The Hall–Kier alpha value is -1.64. The molecule has 2 aliphatic carbocycles. The molecule has 0 amide bonds. The molecule has 3 aliphatic rings. The molecule has 138 valence electrons. The van der Waals surface area contributed by atoms with E-state index < -0.39 is 17.1 Å². The first kappa shape index (κ1) is 17.8. The number of aromatic nitrogens is 1. The molecular weight excluding hydrogens is 351 g/mol. The van der Waals surface area contributed by atoms with E-state index in [-0.39, 0.29) is 11.7 Å². The van der Waals surface area contributed by atoms with E-state index in [9.17, 15) is 13.4 Å². The Bertz CT molecular complexity index is 873. The minimum Gasteiger partial charge on any atom is -0.531 e. The smallest absolute Gasteiger partial charge is 0.531 e. The van der Waals surface area contributed by atoms with Gasteiger partial charge in [-0.25, -0.2) is 13.1 Å². The molecular formula is C18H23BN2O4S. The third-order valence-corrected chi connectivity index (χ3v) is 7.20. The van der Waals surface area contributed by atoms with Gasteiger partial charge in [-0.05, 0) is 56.1 Å². The molecule has 1 aromatic heterocycles. The number of nitrogens with one attached hydrogen (secondary N) is 1. The standard InChI is InChI=1S/C18H23BN2O4S/c1-20-26(23,24)11-12-5-7-13(8-6-12)15-9-19(22)25-17-10-21-16-4-2-3-14(16)18(15)17/h2-3,9-10,12-13,20,22H,4-8,11H2,1H3. The maximum absolute atomic E-state index is 11.8. The molecule has 8 heteroatoms. The highest BCUT2D eigenvalue weighted by atomic mass is 32.2. The summed E-state index contributed by atoms with van der Waals surface area (Å²) in [7, 11) is -2.66. The zero-order chi connectivity index (χ0) is 18.3. The van der Waals surface area contributed by atoms with Crippen LogP contribution < -0.4 is 9.38 Å². The Balaban J connectivity index is 1.56. The van der Waals surface area contributed by atoms with Crippen LogP contribution in [0.4, 0.5) is 0 Å². The highest BCUT2D eigenvalue weighted by molar-refractivity contribution is 7.89. The predicted molar refractivity (Wildman–Crippen MR) is 102 cm³/mol. The summed E-state index contributed by atoms with van der Waals surface area (Å²) in [6.07, 6.45) is 10.3. The van der Waals surface area contributed by atoms with Crippen LogP contribution in [0, 0.1) is 11.8 Å². The molecule has 0 bridgehead atoms. The van der Waals surface area contributed by atoms with Gasteiger partial charge in [-0.1, -0.05) is 12.2 Å². The van der Waals surface area contributed by atoms with E-state index in [0.29, 0.717) is 11.7 Å². The summed E-state index contributed by atoms with van der Waals surface area (Å²) < 4.78 is 31.6. The summed E-state index contributed by atoms with van der Waals surface area (Å²) in [6, 6.07) is 0. The fourth-order valence-corrected chi connectivity index (χ4v) is 5.46. The number of sulfonamides is 1. The highest BCUT2D eigenvalue weighted by Gasteiger charge is 2.34. The van der Waals surface area contributed by atoms with Gasteiger partial charge in [0.15, 0.2) is 0 Å². The molecule has 1 aliphatic heterocycles. The topological polar surface area (TPSA) is 88.5 Å². The number of rotatable bonds is 4. The predicted octanol–water partition coefficient (Wildman–Crippen LogP) is 1.80. The Morgan fingerprint density at radius 2 is 2.12 bits per heavy atom. The fourth-order valence-electron chi connectivity index (χ4n) is 4.34. The first-order chi connectivity index (χ1) is 12.5. The van der Waals surface area contributed by atoms with Gasteiger partial charge in [-0.2, -0.15) is 0 Å². The van der Waals surface area contributed by atoms with Crippen LogP contribution in [0.3, 0.4) is 0 Å². The third-order valence-electron chi connectivity index (χ3n) is 5.67. The zero-order valence-corrected chi connectivity index (χ0v) is 15.6. The van der Waals surface area contributed by atoms with Gasteiger partial charge in [0.2, 0.25) is 10.0 Å². The van der Waals surface area contributed by atoms with Gasteiger partial charge in [-0.3, -0.25) is 4.98 Å². The van der Waals surface area contributed by atoms with Crippen molar-refractivity contribution in [2.24, 2.45) is 11.8 Å². The summed E-state index contributed by atoms with van der Waals surface area (Å²) in [6.45, 7) is 0. The largest absolute Gasteiger partial charge is 0.552 e. The minimum atomic E-state index is -3.17. The summed E-state index contributed by atoms with van der Waals surface area (Å²) in [4.78, 5) is 4.45. The summed E-state index contributed by atoms with van der Waals surface area (Å²) in [5, 5.41) is 10.1. The number of nitrogens with zero attached hydrogens (tertiary/aromatic N) is 1. The Kier molecular flexibility index (Phi) is 4.67. The van der Waals surface area contributed by atoms with Crippen LogP contribution in [0.2, 0.25) is 0 Å². The van der Waals surface area contributed by atoms with Crippen LogP contribution in [0.15, 0.2) is 18.2 Å². The van der Waals surface area contributed by atoms with E-state index in [2.05, 4.69) is 21.9 Å². The van der Waals surface area contributed by atoms with Crippen LogP contribution in [0.5, 0.6) is 5.75 Å². The third kappa shape index (κ3) is 3.33. The second-order valence-electron chi connectivity index (χ2n) is 7.30. The van der Waals surface area contributed by atoms with Gasteiger partial charge in [0.1, 0.15) is 5.75 Å². The number of hydrogen-bond donors (Lipinski definition) is 2. The van der Waals surface area contributed by atoms with Gasteiger partial charge in [0.05, 0.1) is 17.6 Å². The highest BCUT2D eigenvalue weighted by Crippen LogP contribution is 2.45. The van der Waals surface area contributed by atoms with Crippen molar-refractivity contribution in [3.8, 4) is 5.75 Å². The van der Waals surface area contributed by atoms with Crippen molar-refractivity contribution in [1.29, 1.82) is 0 Å². The van der Waals surface area contributed by atoms with E-state index in [1.165, 1.54) is 7.05 Å². The minimum absolute atomic E-state index is 0.191. The summed E-state index contributed by atoms with van der Waals surface area (Å²) in [5.41, 5.74) is 4.32. The Labute approximate surface area is 154 Å². The maximum atomic E-state index is 11.8. The molecule has 26 heavy (non-hydrogen) atoms. The first-order valence-electron chi connectivity index (χ1n) is 9.13. The van der Waals surface area contributed by atoms with Crippen molar-refractivity contribution in [2.45, 2.75) is 32.1 Å².